The molecule has 0 bridgehead atoms. The van der Waals surface area contributed by atoms with E-state index in [1.807, 2.05) is 19.0 Å². The van der Waals surface area contributed by atoms with Crippen LogP contribution in [0.3, 0.4) is 0 Å². The van der Waals surface area contributed by atoms with Gasteiger partial charge in [0.2, 0.25) is 0 Å². The monoisotopic (exact) mass is 289 g/mol. The van der Waals surface area contributed by atoms with Crippen molar-refractivity contribution in [1.29, 1.82) is 0 Å². The summed E-state index contributed by atoms with van der Waals surface area (Å²) in [5, 5.41) is 2.57. The molecule has 0 fully saturated rings. The number of aromatic nitrogens is 1. The predicted octanol–water partition coefficient (Wildman–Crippen LogP) is 1.18. The third-order valence-corrected chi connectivity index (χ3v) is 2.57. The number of ether oxygens (including phenoxy) is 1. The summed E-state index contributed by atoms with van der Waals surface area (Å²) in [7, 11) is 3.90. The number of carbonyl (C=O) groups excluding carboxylic acids is 1. The van der Waals surface area contributed by atoms with Crippen molar-refractivity contribution in [2.24, 2.45) is 0 Å². The van der Waals surface area contributed by atoms with Crippen LogP contribution in [0.25, 0.3) is 0 Å². The van der Waals surface area contributed by atoms with Gasteiger partial charge in [0, 0.05) is 13.1 Å². The summed E-state index contributed by atoms with van der Waals surface area (Å²) < 4.78 is 18.2. The highest BCUT2D eigenvalue weighted by atomic mass is 35.5. The first-order valence-electron chi connectivity index (χ1n) is 5.82. The fourth-order valence-corrected chi connectivity index (χ4v) is 1.45. The largest absolute Gasteiger partial charge is 0.378 e. The molecular formula is C12H17ClFN3O2. The van der Waals surface area contributed by atoms with Crippen LogP contribution >= 0.6 is 11.6 Å². The zero-order valence-corrected chi connectivity index (χ0v) is 11.7. The maximum absolute atomic E-state index is 12.9. The first-order chi connectivity index (χ1) is 9.00. The van der Waals surface area contributed by atoms with Crippen molar-refractivity contribution in [2.45, 2.75) is 0 Å². The molecule has 1 aromatic rings. The maximum Gasteiger partial charge on any atom is 0.254 e. The normalized spacial score (nSPS) is 10.8. The lowest BCUT2D eigenvalue weighted by Crippen LogP contribution is -2.28. The highest BCUT2D eigenvalue weighted by Gasteiger charge is 2.11. The number of nitrogens with zero attached hydrogens (tertiary/aromatic N) is 2. The molecule has 0 aliphatic heterocycles. The quantitative estimate of drug-likeness (QED) is 0.605. The Morgan fingerprint density at radius 3 is 2.95 bits per heavy atom. The minimum Gasteiger partial charge on any atom is -0.378 e. The molecule has 1 N–H and O–H groups in total. The molecule has 0 aromatic carbocycles. The lowest BCUT2D eigenvalue weighted by molar-refractivity contribution is 0.0899. The van der Waals surface area contributed by atoms with E-state index >= 15 is 0 Å². The number of amides is 1. The molecule has 0 atom stereocenters. The van der Waals surface area contributed by atoms with Crippen LogP contribution in [0.5, 0.6) is 0 Å². The summed E-state index contributed by atoms with van der Waals surface area (Å²) in [6, 6.07) is 1.05. The molecule has 1 heterocycles. The van der Waals surface area contributed by atoms with Crippen molar-refractivity contribution in [3.8, 4) is 0 Å². The van der Waals surface area contributed by atoms with Crippen LogP contribution in [0, 0.1) is 5.82 Å². The average Bonchev–Trinajstić information content (AvgIpc) is 2.36. The molecule has 0 aliphatic rings. The third kappa shape index (κ3) is 5.96. The van der Waals surface area contributed by atoms with Gasteiger partial charge in [0.1, 0.15) is 11.0 Å². The molecule has 0 saturated carbocycles. The molecule has 0 radical (unpaired) electrons. The summed E-state index contributed by atoms with van der Waals surface area (Å²) in [5.74, 6) is -1.06. The van der Waals surface area contributed by atoms with Crippen LogP contribution in [0.15, 0.2) is 12.3 Å². The molecule has 0 unspecified atom stereocenters. The van der Waals surface area contributed by atoms with E-state index < -0.39 is 11.7 Å². The third-order valence-electron chi connectivity index (χ3n) is 2.27. The summed E-state index contributed by atoms with van der Waals surface area (Å²) in [4.78, 5) is 17.3. The van der Waals surface area contributed by atoms with Gasteiger partial charge in [0.25, 0.3) is 5.91 Å². The van der Waals surface area contributed by atoms with Gasteiger partial charge < -0.3 is 15.0 Å². The molecule has 19 heavy (non-hydrogen) atoms. The average molecular weight is 290 g/mol. The van der Waals surface area contributed by atoms with E-state index in [9.17, 15) is 9.18 Å². The van der Waals surface area contributed by atoms with E-state index in [1.54, 1.807) is 0 Å². The topological polar surface area (TPSA) is 54.5 Å². The number of pyridine rings is 1. The molecule has 1 amide bonds. The van der Waals surface area contributed by atoms with Crippen molar-refractivity contribution >= 4 is 17.5 Å². The second kappa shape index (κ2) is 8.04. The van der Waals surface area contributed by atoms with Gasteiger partial charge in [0.05, 0.1) is 25.0 Å². The van der Waals surface area contributed by atoms with Crippen molar-refractivity contribution in [3.05, 3.63) is 28.8 Å². The molecule has 7 heteroatoms. The number of carbonyl (C=O) groups is 1. The molecule has 1 aromatic heterocycles. The molecular weight excluding hydrogens is 273 g/mol. The molecule has 5 nitrogen and oxygen atoms in total. The van der Waals surface area contributed by atoms with Gasteiger partial charge in [-0.1, -0.05) is 11.6 Å². The number of halogens is 2. The Hall–Kier alpha value is -1.24. The van der Waals surface area contributed by atoms with Gasteiger partial charge in [-0.2, -0.15) is 0 Å². The van der Waals surface area contributed by atoms with Crippen molar-refractivity contribution < 1.29 is 13.9 Å². The number of rotatable bonds is 7. The standard InChI is InChI=1S/C12H17ClFN3O2/c1-17(2)4-6-19-5-3-15-12(18)10-7-9(14)8-16-11(10)13/h7-8H,3-6H2,1-2H3,(H,15,18). The van der Waals surface area contributed by atoms with E-state index in [2.05, 4.69) is 10.3 Å². The van der Waals surface area contributed by atoms with Crippen molar-refractivity contribution in [2.75, 3.05) is 40.4 Å². The first-order valence-corrected chi connectivity index (χ1v) is 6.20. The number of hydrogen-bond acceptors (Lipinski definition) is 4. The first kappa shape index (κ1) is 15.8. The number of hydrogen-bond donors (Lipinski definition) is 1. The summed E-state index contributed by atoms with van der Waals surface area (Å²) in [6.07, 6.45) is 0.962. The van der Waals surface area contributed by atoms with Crippen LogP contribution in [-0.4, -0.2) is 56.2 Å². The van der Waals surface area contributed by atoms with Gasteiger partial charge >= 0.3 is 0 Å². The Morgan fingerprint density at radius 1 is 1.53 bits per heavy atom. The van der Waals surface area contributed by atoms with Gasteiger partial charge in [0.15, 0.2) is 0 Å². The van der Waals surface area contributed by atoms with Crippen LogP contribution < -0.4 is 5.32 Å². The minimum absolute atomic E-state index is 0.0209. The second-order valence-corrected chi connectivity index (χ2v) is 4.52. The van der Waals surface area contributed by atoms with E-state index in [4.69, 9.17) is 16.3 Å². The van der Waals surface area contributed by atoms with E-state index in [-0.39, 0.29) is 10.7 Å². The SMILES string of the molecule is CN(C)CCOCCNC(=O)c1cc(F)cnc1Cl. The zero-order chi connectivity index (χ0) is 14.3. The lowest BCUT2D eigenvalue weighted by atomic mass is 10.2. The molecule has 1 rings (SSSR count). The molecule has 0 spiro atoms. The van der Waals surface area contributed by atoms with Crippen LogP contribution in [0.4, 0.5) is 4.39 Å². The fourth-order valence-electron chi connectivity index (χ4n) is 1.26. The van der Waals surface area contributed by atoms with Crippen molar-refractivity contribution in [1.82, 2.24) is 15.2 Å². The van der Waals surface area contributed by atoms with Gasteiger partial charge in [-0.05, 0) is 20.2 Å². The van der Waals surface area contributed by atoms with E-state index in [0.717, 1.165) is 18.8 Å². The van der Waals surface area contributed by atoms with E-state index in [0.29, 0.717) is 19.8 Å². The van der Waals surface area contributed by atoms with Gasteiger partial charge in [-0.3, -0.25) is 4.79 Å². The number of nitrogens with one attached hydrogen (secondary N) is 1. The van der Waals surface area contributed by atoms with Gasteiger partial charge in [-0.25, -0.2) is 9.37 Å². The molecule has 0 aliphatic carbocycles. The van der Waals surface area contributed by atoms with Crippen LogP contribution in [0.1, 0.15) is 10.4 Å². The van der Waals surface area contributed by atoms with Gasteiger partial charge in [-0.15, -0.1) is 0 Å². The Bertz CT molecular complexity index is 429. The lowest BCUT2D eigenvalue weighted by Gasteiger charge is -2.10. The zero-order valence-electron chi connectivity index (χ0n) is 10.9. The Morgan fingerprint density at radius 2 is 2.26 bits per heavy atom. The highest BCUT2D eigenvalue weighted by molar-refractivity contribution is 6.32. The Balaban J connectivity index is 2.29. The fraction of sp³-hybridized carbons (Fsp3) is 0.500. The summed E-state index contributed by atoms with van der Waals surface area (Å²) in [6.45, 7) is 2.12. The minimum atomic E-state index is -0.600. The smallest absolute Gasteiger partial charge is 0.254 e. The van der Waals surface area contributed by atoms with E-state index in [1.165, 1.54) is 0 Å². The number of likely N-dealkylation sites (N-methyl/N-ethyl adjacent to an activating group) is 1. The van der Waals surface area contributed by atoms with Crippen LogP contribution in [0.2, 0.25) is 5.15 Å². The van der Waals surface area contributed by atoms with Crippen molar-refractivity contribution in [3.63, 3.8) is 0 Å². The molecule has 106 valence electrons. The molecule has 0 saturated heterocycles. The maximum atomic E-state index is 12.9. The highest BCUT2D eigenvalue weighted by Crippen LogP contribution is 2.13. The Kier molecular flexibility index (Phi) is 6.69. The second-order valence-electron chi connectivity index (χ2n) is 4.16. The summed E-state index contributed by atoms with van der Waals surface area (Å²) >= 11 is 5.71. The summed E-state index contributed by atoms with van der Waals surface area (Å²) in [5.41, 5.74) is 0.0231. The predicted molar refractivity (Wildman–Crippen MR) is 70.9 cm³/mol. The van der Waals surface area contributed by atoms with Crippen LogP contribution in [-0.2, 0) is 4.74 Å². The Labute approximate surface area is 116 Å².